The van der Waals surface area contributed by atoms with Crippen LogP contribution in [0.1, 0.15) is 32.1 Å². The van der Waals surface area contributed by atoms with Gasteiger partial charge in [-0.2, -0.15) is 0 Å². The summed E-state index contributed by atoms with van der Waals surface area (Å²) in [6.45, 7) is 0. The van der Waals surface area contributed by atoms with Gasteiger partial charge in [0.2, 0.25) is 0 Å². The van der Waals surface area contributed by atoms with Crippen molar-refractivity contribution in [3.63, 3.8) is 0 Å². The van der Waals surface area contributed by atoms with Crippen LogP contribution < -0.4 is 14.8 Å². The lowest BCUT2D eigenvalue weighted by atomic mass is 9.81. The minimum absolute atomic E-state index is 0.127. The van der Waals surface area contributed by atoms with Crippen molar-refractivity contribution < 1.29 is 14.3 Å². The monoisotopic (exact) mass is 331 g/mol. The summed E-state index contributed by atoms with van der Waals surface area (Å²) in [5.74, 6) is 1.08. The minimum Gasteiger partial charge on any atom is -0.497 e. The van der Waals surface area contributed by atoms with E-state index in [-0.39, 0.29) is 5.91 Å². The Balaban J connectivity index is 1.89. The van der Waals surface area contributed by atoms with Gasteiger partial charge < -0.3 is 14.8 Å². The fourth-order valence-corrected chi connectivity index (χ4v) is 3.19. The van der Waals surface area contributed by atoms with E-state index in [1.54, 1.807) is 37.1 Å². The number of ether oxygens (including phenoxy) is 2. The van der Waals surface area contributed by atoms with Gasteiger partial charge in [-0.25, -0.2) is 4.68 Å². The first kappa shape index (κ1) is 16.2. The van der Waals surface area contributed by atoms with Crippen LogP contribution in [0.2, 0.25) is 0 Å². The van der Waals surface area contributed by atoms with E-state index < -0.39 is 5.54 Å². The first-order valence-electron chi connectivity index (χ1n) is 7.96. The smallest absolute Gasteiger partial charge is 0.252 e. The summed E-state index contributed by atoms with van der Waals surface area (Å²) in [7, 11) is 3.14. The number of carbonyl (C=O) groups excluding carboxylic acids is 1. The second-order valence-electron chi connectivity index (χ2n) is 5.87. The predicted molar refractivity (Wildman–Crippen MR) is 87.1 cm³/mol. The molecule has 0 unspecified atom stereocenters. The van der Waals surface area contributed by atoms with Gasteiger partial charge in [0.1, 0.15) is 23.4 Å². The molecule has 0 atom stereocenters. The van der Waals surface area contributed by atoms with E-state index in [4.69, 9.17) is 9.47 Å². The first-order valence-corrected chi connectivity index (χ1v) is 7.96. The number of benzene rings is 1. The number of hydrogen-bond donors (Lipinski definition) is 1. The SMILES string of the molecule is COc1ccc(NC(=O)C2(n3cnnn3)CCCCC2)c(OC)c1. The third kappa shape index (κ3) is 2.91. The highest BCUT2D eigenvalue weighted by molar-refractivity contribution is 5.98. The summed E-state index contributed by atoms with van der Waals surface area (Å²) in [6, 6.07) is 5.29. The van der Waals surface area contributed by atoms with Crippen LogP contribution in [-0.2, 0) is 10.3 Å². The Kier molecular flexibility index (Phi) is 4.64. The molecule has 8 heteroatoms. The van der Waals surface area contributed by atoms with Gasteiger partial charge in [0.15, 0.2) is 0 Å². The van der Waals surface area contributed by atoms with E-state index in [0.29, 0.717) is 30.0 Å². The van der Waals surface area contributed by atoms with Gasteiger partial charge in [-0.1, -0.05) is 19.3 Å². The van der Waals surface area contributed by atoms with Crippen LogP contribution in [0, 0.1) is 0 Å². The lowest BCUT2D eigenvalue weighted by Crippen LogP contribution is -2.47. The van der Waals surface area contributed by atoms with Crippen LogP contribution in [0.4, 0.5) is 5.69 Å². The maximum absolute atomic E-state index is 13.1. The molecular weight excluding hydrogens is 310 g/mol. The lowest BCUT2D eigenvalue weighted by Gasteiger charge is -2.35. The average molecular weight is 331 g/mol. The molecule has 24 heavy (non-hydrogen) atoms. The van der Waals surface area contributed by atoms with Crippen molar-refractivity contribution in [3.8, 4) is 11.5 Å². The maximum Gasteiger partial charge on any atom is 0.252 e. The van der Waals surface area contributed by atoms with Crippen molar-refractivity contribution in [3.05, 3.63) is 24.5 Å². The molecule has 0 bridgehead atoms. The number of tetrazole rings is 1. The van der Waals surface area contributed by atoms with E-state index in [9.17, 15) is 4.79 Å². The van der Waals surface area contributed by atoms with Gasteiger partial charge in [0.05, 0.1) is 19.9 Å². The third-order valence-corrected chi connectivity index (χ3v) is 4.55. The molecular formula is C16H21N5O3. The van der Waals surface area contributed by atoms with Crippen LogP contribution in [0.5, 0.6) is 11.5 Å². The Morgan fingerprint density at radius 2 is 2.00 bits per heavy atom. The van der Waals surface area contributed by atoms with Crippen molar-refractivity contribution in [2.24, 2.45) is 0 Å². The summed E-state index contributed by atoms with van der Waals surface area (Å²) < 4.78 is 12.1. The van der Waals surface area contributed by atoms with E-state index in [1.807, 2.05) is 0 Å². The second kappa shape index (κ2) is 6.86. The largest absolute Gasteiger partial charge is 0.497 e. The van der Waals surface area contributed by atoms with Crippen LogP contribution in [0.25, 0.3) is 0 Å². The van der Waals surface area contributed by atoms with Crippen LogP contribution in [0.15, 0.2) is 24.5 Å². The number of hydrogen-bond acceptors (Lipinski definition) is 6. The number of carbonyl (C=O) groups is 1. The lowest BCUT2D eigenvalue weighted by molar-refractivity contribution is -0.126. The fourth-order valence-electron chi connectivity index (χ4n) is 3.19. The molecule has 3 rings (SSSR count). The molecule has 0 saturated heterocycles. The second-order valence-corrected chi connectivity index (χ2v) is 5.87. The molecule has 8 nitrogen and oxygen atoms in total. The Morgan fingerprint density at radius 1 is 1.21 bits per heavy atom. The third-order valence-electron chi connectivity index (χ3n) is 4.55. The fraction of sp³-hybridized carbons (Fsp3) is 0.500. The molecule has 1 N–H and O–H groups in total. The summed E-state index contributed by atoms with van der Waals surface area (Å²) in [4.78, 5) is 13.1. The Hall–Kier alpha value is -2.64. The maximum atomic E-state index is 13.1. The molecule has 1 saturated carbocycles. The van der Waals surface area contributed by atoms with Gasteiger partial charge in [-0.05, 0) is 35.4 Å². The number of rotatable bonds is 5. The predicted octanol–water partition coefficient (Wildman–Crippen LogP) is 1.99. The van der Waals surface area contributed by atoms with E-state index >= 15 is 0 Å². The van der Waals surface area contributed by atoms with Crippen LogP contribution >= 0.6 is 0 Å². The van der Waals surface area contributed by atoms with E-state index in [0.717, 1.165) is 19.3 Å². The summed E-state index contributed by atoms with van der Waals surface area (Å²) in [6.07, 6.45) is 5.98. The number of nitrogens with one attached hydrogen (secondary N) is 1. The topological polar surface area (TPSA) is 91.2 Å². The molecule has 0 aliphatic heterocycles. The van der Waals surface area contributed by atoms with E-state index in [2.05, 4.69) is 20.8 Å². The zero-order valence-electron chi connectivity index (χ0n) is 13.9. The van der Waals surface area contributed by atoms with Crippen molar-refractivity contribution in [1.82, 2.24) is 20.2 Å². The number of aromatic nitrogens is 4. The molecule has 1 heterocycles. The average Bonchev–Trinajstić information content (AvgIpc) is 3.17. The molecule has 128 valence electrons. The molecule has 1 aromatic carbocycles. The first-order chi connectivity index (χ1) is 11.7. The highest BCUT2D eigenvalue weighted by atomic mass is 16.5. The molecule has 1 aliphatic carbocycles. The zero-order valence-corrected chi connectivity index (χ0v) is 13.9. The Labute approximate surface area is 140 Å². The van der Waals surface area contributed by atoms with Crippen molar-refractivity contribution in [2.45, 2.75) is 37.6 Å². The Bertz CT molecular complexity index is 696. The van der Waals surface area contributed by atoms with Gasteiger partial charge in [0.25, 0.3) is 5.91 Å². The quantitative estimate of drug-likeness (QED) is 0.901. The molecule has 1 aliphatic rings. The van der Waals surface area contributed by atoms with Gasteiger partial charge in [-0.15, -0.1) is 5.10 Å². The van der Waals surface area contributed by atoms with Gasteiger partial charge >= 0.3 is 0 Å². The highest BCUT2D eigenvalue weighted by Crippen LogP contribution is 2.37. The number of amides is 1. The zero-order chi connectivity index (χ0) is 17.0. The molecule has 2 aromatic rings. The van der Waals surface area contributed by atoms with Crippen molar-refractivity contribution >= 4 is 11.6 Å². The normalized spacial score (nSPS) is 16.4. The number of methoxy groups -OCH3 is 2. The van der Waals surface area contributed by atoms with Crippen molar-refractivity contribution in [2.75, 3.05) is 19.5 Å². The molecule has 0 spiro atoms. The van der Waals surface area contributed by atoms with Crippen molar-refractivity contribution in [1.29, 1.82) is 0 Å². The molecule has 1 fully saturated rings. The summed E-state index contributed by atoms with van der Waals surface area (Å²) >= 11 is 0. The standard InChI is InChI=1S/C16H21N5O3/c1-23-12-6-7-13(14(10-12)24-2)18-15(22)16(8-4-3-5-9-16)21-11-17-19-20-21/h6-7,10-11H,3-5,8-9H2,1-2H3,(H,18,22). The molecule has 0 radical (unpaired) electrons. The summed E-state index contributed by atoms with van der Waals surface area (Å²) in [5, 5.41) is 14.4. The van der Waals surface area contributed by atoms with Crippen LogP contribution in [0.3, 0.4) is 0 Å². The molecule has 1 aromatic heterocycles. The number of anilines is 1. The minimum atomic E-state index is -0.757. The highest BCUT2D eigenvalue weighted by Gasteiger charge is 2.42. The molecule has 1 amide bonds. The summed E-state index contributed by atoms with van der Waals surface area (Å²) in [5.41, 5.74) is -0.159. The van der Waals surface area contributed by atoms with Gasteiger partial charge in [-0.3, -0.25) is 4.79 Å². The Morgan fingerprint density at radius 3 is 2.62 bits per heavy atom. The van der Waals surface area contributed by atoms with Gasteiger partial charge in [0, 0.05) is 6.07 Å². The van der Waals surface area contributed by atoms with Crippen LogP contribution in [-0.4, -0.2) is 40.3 Å². The number of nitrogens with zero attached hydrogens (tertiary/aromatic N) is 4. The van der Waals surface area contributed by atoms with E-state index in [1.165, 1.54) is 6.33 Å².